The molecule has 1 aromatic heterocycles. The van der Waals surface area contributed by atoms with Crippen LogP contribution in [0.25, 0.3) is 21.7 Å². The van der Waals surface area contributed by atoms with E-state index in [2.05, 4.69) is 17.4 Å². The molecule has 0 saturated carbocycles. The van der Waals surface area contributed by atoms with Crippen molar-refractivity contribution in [1.29, 1.82) is 0 Å². The SMILES string of the molecule is COc1cccc2c(C(=O)N[C@@]3(C)C(O)O[C@H](CO)[C@@H](O)[C@@H]3O)cn(Cc3ccc4ccccc4c3)c12. The second-order valence-corrected chi connectivity index (χ2v) is 9.59. The van der Waals surface area contributed by atoms with E-state index in [-0.39, 0.29) is 0 Å². The molecule has 1 amide bonds. The van der Waals surface area contributed by atoms with Crippen molar-refractivity contribution in [1.82, 2.24) is 9.88 Å². The molecule has 3 aromatic carbocycles. The summed E-state index contributed by atoms with van der Waals surface area (Å²) in [6.07, 6.45) is -4.22. The number of fused-ring (bicyclic) bond motifs is 2. The lowest BCUT2D eigenvalue weighted by atomic mass is 9.84. The van der Waals surface area contributed by atoms with Crippen molar-refractivity contribution in [3.8, 4) is 5.75 Å². The van der Waals surface area contributed by atoms with Crippen LogP contribution in [0.4, 0.5) is 0 Å². The molecule has 1 fully saturated rings. The van der Waals surface area contributed by atoms with Crippen LogP contribution in [0.1, 0.15) is 22.8 Å². The van der Waals surface area contributed by atoms with Gasteiger partial charge in [0.25, 0.3) is 5.91 Å². The van der Waals surface area contributed by atoms with Gasteiger partial charge in [0.05, 0.1) is 24.8 Å². The summed E-state index contributed by atoms with van der Waals surface area (Å²) >= 11 is 0. The molecule has 2 heterocycles. The molecular formula is C28H30N2O7. The van der Waals surface area contributed by atoms with E-state index in [9.17, 15) is 25.2 Å². The number of amides is 1. The zero-order valence-electron chi connectivity index (χ0n) is 20.5. The van der Waals surface area contributed by atoms with Gasteiger partial charge in [0.15, 0.2) is 6.29 Å². The number of para-hydroxylation sites is 1. The van der Waals surface area contributed by atoms with E-state index >= 15 is 0 Å². The maximum absolute atomic E-state index is 13.5. The maximum Gasteiger partial charge on any atom is 0.254 e. The first-order valence-electron chi connectivity index (χ1n) is 12.0. The highest BCUT2D eigenvalue weighted by molar-refractivity contribution is 6.08. The van der Waals surface area contributed by atoms with Crippen LogP contribution in [-0.4, -0.2) is 74.8 Å². The predicted molar refractivity (Wildman–Crippen MR) is 137 cm³/mol. The Morgan fingerprint density at radius 1 is 1.08 bits per heavy atom. The molecular weight excluding hydrogens is 476 g/mol. The Balaban J connectivity index is 1.52. The highest BCUT2D eigenvalue weighted by Gasteiger charge is 2.53. The smallest absolute Gasteiger partial charge is 0.254 e. The molecule has 0 spiro atoms. The average Bonchev–Trinajstić information content (AvgIpc) is 3.28. The Hall–Kier alpha value is -3.47. The Bertz CT molecular complexity index is 1450. The van der Waals surface area contributed by atoms with Crippen molar-refractivity contribution < 1.29 is 34.7 Å². The lowest BCUT2D eigenvalue weighted by Crippen LogP contribution is -2.71. The molecule has 37 heavy (non-hydrogen) atoms. The summed E-state index contributed by atoms with van der Waals surface area (Å²) in [5.74, 6) is 0.0141. The Kier molecular flexibility index (Phi) is 6.65. The number of ether oxygens (including phenoxy) is 2. The minimum absolute atomic E-state index is 0.300. The maximum atomic E-state index is 13.5. The quantitative estimate of drug-likeness (QED) is 0.269. The minimum Gasteiger partial charge on any atom is -0.495 e. The third-order valence-electron chi connectivity index (χ3n) is 7.19. The van der Waals surface area contributed by atoms with Crippen LogP contribution in [0.2, 0.25) is 0 Å². The van der Waals surface area contributed by atoms with E-state index in [4.69, 9.17) is 9.47 Å². The fourth-order valence-corrected chi connectivity index (χ4v) is 5.02. The number of aliphatic hydroxyl groups excluding tert-OH is 4. The Labute approximate surface area is 213 Å². The number of nitrogens with zero attached hydrogens (tertiary/aromatic N) is 1. The standard InChI is InChI=1S/C28H30N2O7/c1-28(25(33)24(32)22(15-31)37-27(28)35)29-26(34)20-14-30(23-19(20)8-5-9-21(23)36-2)13-16-10-11-17-6-3-4-7-18(17)12-16/h3-12,14,22,24-25,27,31-33,35H,13,15H2,1-2H3,(H,29,34)/t22-,24-,25+,27?,28-/m1/s1. The van der Waals surface area contributed by atoms with E-state index < -0.39 is 42.7 Å². The summed E-state index contributed by atoms with van der Waals surface area (Å²) < 4.78 is 12.8. The third-order valence-corrected chi connectivity index (χ3v) is 7.19. The van der Waals surface area contributed by atoms with Crippen molar-refractivity contribution in [3.05, 3.63) is 78.0 Å². The van der Waals surface area contributed by atoms with Gasteiger partial charge < -0.3 is 39.8 Å². The first-order chi connectivity index (χ1) is 17.8. The first-order valence-corrected chi connectivity index (χ1v) is 12.0. The van der Waals surface area contributed by atoms with Gasteiger partial charge in [-0.3, -0.25) is 4.79 Å². The van der Waals surface area contributed by atoms with Crippen LogP contribution < -0.4 is 10.1 Å². The normalized spacial score (nSPS) is 25.9. The second-order valence-electron chi connectivity index (χ2n) is 9.59. The van der Waals surface area contributed by atoms with Crippen LogP contribution in [0.5, 0.6) is 5.75 Å². The third kappa shape index (κ3) is 4.35. The monoisotopic (exact) mass is 506 g/mol. The zero-order chi connectivity index (χ0) is 26.3. The topological polar surface area (TPSA) is 133 Å². The number of hydrogen-bond donors (Lipinski definition) is 5. The van der Waals surface area contributed by atoms with Crippen molar-refractivity contribution >= 4 is 27.6 Å². The molecule has 1 aliphatic rings. The van der Waals surface area contributed by atoms with E-state index in [1.165, 1.54) is 6.92 Å². The Morgan fingerprint density at radius 3 is 2.57 bits per heavy atom. The summed E-state index contributed by atoms with van der Waals surface area (Å²) in [4.78, 5) is 13.5. The van der Waals surface area contributed by atoms with Gasteiger partial charge in [-0.15, -0.1) is 0 Å². The number of aliphatic hydroxyl groups is 4. The van der Waals surface area contributed by atoms with Gasteiger partial charge >= 0.3 is 0 Å². The van der Waals surface area contributed by atoms with Crippen LogP contribution in [0.3, 0.4) is 0 Å². The van der Waals surface area contributed by atoms with Crippen molar-refractivity contribution in [2.75, 3.05) is 13.7 Å². The number of nitrogens with one attached hydrogen (secondary N) is 1. The molecule has 4 aromatic rings. The van der Waals surface area contributed by atoms with E-state index in [0.29, 0.717) is 23.2 Å². The summed E-state index contributed by atoms with van der Waals surface area (Å²) in [7, 11) is 1.56. The lowest BCUT2D eigenvalue weighted by Gasteiger charge is -2.47. The molecule has 0 radical (unpaired) electrons. The summed E-state index contributed by atoms with van der Waals surface area (Å²) in [6, 6.07) is 19.7. The summed E-state index contributed by atoms with van der Waals surface area (Å²) in [5, 5.41) is 46.5. The van der Waals surface area contributed by atoms with Crippen LogP contribution >= 0.6 is 0 Å². The largest absolute Gasteiger partial charge is 0.495 e. The number of carbonyl (C=O) groups is 1. The fourth-order valence-electron chi connectivity index (χ4n) is 5.02. The van der Waals surface area contributed by atoms with Crippen molar-refractivity contribution in [3.63, 3.8) is 0 Å². The minimum atomic E-state index is -1.73. The van der Waals surface area contributed by atoms with Crippen LogP contribution in [-0.2, 0) is 11.3 Å². The molecule has 9 nitrogen and oxygen atoms in total. The van der Waals surface area contributed by atoms with Gasteiger partial charge in [-0.25, -0.2) is 0 Å². The molecule has 5 rings (SSSR count). The molecule has 1 saturated heterocycles. The van der Waals surface area contributed by atoms with Gasteiger partial charge in [-0.2, -0.15) is 0 Å². The molecule has 9 heteroatoms. The first kappa shape index (κ1) is 25.2. The average molecular weight is 507 g/mol. The zero-order valence-corrected chi connectivity index (χ0v) is 20.5. The summed E-state index contributed by atoms with van der Waals surface area (Å²) in [6.45, 7) is 1.25. The predicted octanol–water partition coefficient (Wildman–Crippen LogP) is 1.77. The number of carbonyl (C=O) groups excluding carboxylic acids is 1. The number of benzene rings is 3. The Morgan fingerprint density at radius 2 is 1.84 bits per heavy atom. The molecule has 1 aliphatic heterocycles. The van der Waals surface area contributed by atoms with E-state index in [1.807, 2.05) is 41.0 Å². The van der Waals surface area contributed by atoms with Crippen LogP contribution in [0, 0.1) is 0 Å². The molecule has 5 N–H and O–H groups in total. The van der Waals surface area contributed by atoms with Gasteiger partial charge in [0.2, 0.25) is 0 Å². The summed E-state index contributed by atoms with van der Waals surface area (Å²) in [5.41, 5.74) is 0.322. The lowest BCUT2D eigenvalue weighted by molar-refractivity contribution is -0.278. The molecule has 1 unspecified atom stereocenters. The number of methoxy groups -OCH3 is 1. The highest BCUT2D eigenvalue weighted by Crippen LogP contribution is 2.33. The van der Waals surface area contributed by atoms with Gasteiger partial charge in [0.1, 0.15) is 29.6 Å². The van der Waals surface area contributed by atoms with E-state index in [1.54, 1.807) is 25.4 Å². The second kappa shape index (κ2) is 9.77. The number of hydrogen-bond acceptors (Lipinski definition) is 7. The molecule has 0 bridgehead atoms. The molecule has 0 aliphatic carbocycles. The van der Waals surface area contributed by atoms with E-state index in [0.717, 1.165) is 21.9 Å². The van der Waals surface area contributed by atoms with Crippen LogP contribution in [0.15, 0.2) is 66.9 Å². The number of rotatable bonds is 6. The molecule has 5 atom stereocenters. The van der Waals surface area contributed by atoms with Gasteiger partial charge in [-0.05, 0) is 35.4 Å². The van der Waals surface area contributed by atoms with Crippen molar-refractivity contribution in [2.45, 2.75) is 43.6 Å². The fraction of sp³-hybridized carbons (Fsp3) is 0.321. The van der Waals surface area contributed by atoms with Gasteiger partial charge in [-0.1, -0.05) is 48.5 Å². The highest BCUT2D eigenvalue weighted by atomic mass is 16.6. The molecule has 194 valence electrons. The number of aromatic nitrogens is 1. The van der Waals surface area contributed by atoms with Gasteiger partial charge in [0, 0.05) is 18.1 Å². The van der Waals surface area contributed by atoms with Crippen molar-refractivity contribution in [2.24, 2.45) is 0 Å².